The molecule has 4 amide bonds. The second-order valence-corrected chi connectivity index (χ2v) is 8.82. The van der Waals surface area contributed by atoms with Gasteiger partial charge in [-0.15, -0.1) is 0 Å². The minimum Gasteiger partial charge on any atom is -0.497 e. The van der Waals surface area contributed by atoms with Gasteiger partial charge in [-0.1, -0.05) is 38.1 Å². The van der Waals surface area contributed by atoms with E-state index >= 15 is 0 Å². The molecule has 1 heterocycles. The van der Waals surface area contributed by atoms with E-state index in [2.05, 4.69) is 5.32 Å². The maximum atomic E-state index is 13.4. The van der Waals surface area contributed by atoms with Crippen LogP contribution in [0.1, 0.15) is 51.5 Å². The van der Waals surface area contributed by atoms with Crippen LogP contribution in [0.4, 0.5) is 0 Å². The largest absolute Gasteiger partial charge is 0.497 e. The Hall–Kier alpha value is -3.16. The third-order valence-electron chi connectivity index (χ3n) is 6.60. The molecule has 1 aliphatic carbocycles. The van der Waals surface area contributed by atoms with Gasteiger partial charge in [-0.05, 0) is 43.4 Å². The Bertz CT molecular complexity index is 901. The number of carbonyl (C=O) groups excluding carboxylic acids is 4. The lowest BCUT2D eigenvalue weighted by Gasteiger charge is -2.31. The van der Waals surface area contributed by atoms with Gasteiger partial charge in [0.15, 0.2) is 0 Å². The highest BCUT2D eigenvalue weighted by Gasteiger charge is 2.47. The highest BCUT2D eigenvalue weighted by molar-refractivity contribution is 6.05. The maximum absolute atomic E-state index is 13.4. The summed E-state index contributed by atoms with van der Waals surface area (Å²) in [5.74, 6) is -0.767. The summed E-state index contributed by atoms with van der Waals surface area (Å²) in [4.78, 5) is 54.6. The molecule has 1 fully saturated rings. The first-order chi connectivity index (χ1) is 16.4. The van der Waals surface area contributed by atoms with Crippen LogP contribution in [-0.4, -0.2) is 59.7 Å². The number of fused-ring (bicyclic) bond motifs is 1. The van der Waals surface area contributed by atoms with Crippen LogP contribution in [-0.2, 0) is 25.7 Å². The van der Waals surface area contributed by atoms with Gasteiger partial charge in [-0.3, -0.25) is 24.1 Å². The predicted octanol–water partition coefficient (Wildman–Crippen LogP) is 2.67. The number of carbonyl (C=O) groups is 4. The van der Waals surface area contributed by atoms with Gasteiger partial charge in [0.2, 0.25) is 23.6 Å². The van der Waals surface area contributed by atoms with Crippen molar-refractivity contribution < 1.29 is 23.9 Å². The van der Waals surface area contributed by atoms with Gasteiger partial charge in [0.05, 0.1) is 18.9 Å². The van der Waals surface area contributed by atoms with E-state index in [1.165, 1.54) is 4.90 Å². The first-order valence-corrected chi connectivity index (χ1v) is 12.1. The highest BCUT2D eigenvalue weighted by Crippen LogP contribution is 2.35. The Labute approximate surface area is 201 Å². The summed E-state index contributed by atoms with van der Waals surface area (Å²) in [6.07, 6.45) is 6.26. The summed E-state index contributed by atoms with van der Waals surface area (Å²) < 4.78 is 5.21. The zero-order valence-corrected chi connectivity index (χ0v) is 20.3. The van der Waals surface area contributed by atoms with Crippen LogP contribution in [0.5, 0.6) is 5.75 Å². The monoisotopic (exact) mass is 469 g/mol. The van der Waals surface area contributed by atoms with Crippen LogP contribution in [0.15, 0.2) is 36.4 Å². The molecule has 8 heteroatoms. The lowest BCUT2D eigenvalue weighted by atomic mass is 9.85. The van der Waals surface area contributed by atoms with Crippen molar-refractivity contribution in [3.8, 4) is 5.75 Å². The van der Waals surface area contributed by atoms with E-state index in [0.29, 0.717) is 31.6 Å². The van der Waals surface area contributed by atoms with Crippen molar-refractivity contribution in [2.45, 2.75) is 58.5 Å². The molecule has 1 saturated heterocycles. The van der Waals surface area contributed by atoms with Gasteiger partial charge in [-0.25, -0.2) is 0 Å². The first-order valence-electron chi connectivity index (χ1n) is 12.1. The zero-order valence-electron chi connectivity index (χ0n) is 20.3. The van der Waals surface area contributed by atoms with Crippen molar-refractivity contribution in [3.63, 3.8) is 0 Å². The molecule has 0 radical (unpaired) electrons. The fraction of sp³-hybridized carbons (Fsp3) is 0.538. The molecule has 2 aliphatic rings. The Morgan fingerprint density at radius 2 is 1.71 bits per heavy atom. The van der Waals surface area contributed by atoms with E-state index in [-0.39, 0.29) is 55.0 Å². The van der Waals surface area contributed by atoms with Gasteiger partial charge in [0.1, 0.15) is 11.8 Å². The Morgan fingerprint density at radius 3 is 2.24 bits per heavy atom. The molecular weight excluding hydrogens is 434 g/mol. The van der Waals surface area contributed by atoms with Gasteiger partial charge < -0.3 is 15.0 Å². The summed E-state index contributed by atoms with van der Waals surface area (Å²) in [5, 5.41) is 2.89. The molecule has 0 saturated carbocycles. The molecule has 0 spiro atoms. The molecule has 0 bridgehead atoms. The van der Waals surface area contributed by atoms with Crippen LogP contribution >= 0.6 is 0 Å². The van der Waals surface area contributed by atoms with Crippen molar-refractivity contribution >= 4 is 23.6 Å². The normalized spacial score (nSPS) is 20.1. The Kier molecular flexibility index (Phi) is 8.85. The van der Waals surface area contributed by atoms with Crippen molar-refractivity contribution in [1.82, 2.24) is 15.1 Å². The van der Waals surface area contributed by atoms with Gasteiger partial charge in [0.25, 0.3) is 0 Å². The summed E-state index contributed by atoms with van der Waals surface area (Å²) in [6.45, 7) is 4.66. The Balaban J connectivity index is 1.74. The number of allylic oxidation sites excluding steroid dienone is 2. The number of methoxy groups -OCH3 is 1. The van der Waals surface area contributed by atoms with Crippen molar-refractivity contribution in [2.75, 3.05) is 20.2 Å². The molecule has 1 aromatic carbocycles. The van der Waals surface area contributed by atoms with E-state index in [9.17, 15) is 19.2 Å². The lowest BCUT2D eigenvalue weighted by molar-refractivity contribution is -0.144. The first kappa shape index (κ1) is 25.5. The number of amides is 4. The van der Waals surface area contributed by atoms with E-state index < -0.39 is 6.04 Å². The van der Waals surface area contributed by atoms with E-state index in [1.807, 2.05) is 50.3 Å². The molecule has 3 rings (SSSR count). The molecule has 0 aromatic heterocycles. The molecule has 1 aliphatic heterocycles. The van der Waals surface area contributed by atoms with E-state index in [0.717, 1.165) is 12.0 Å². The second-order valence-electron chi connectivity index (χ2n) is 8.82. The number of ether oxygens (including phenoxy) is 1. The molecule has 1 N–H and O–H groups in total. The fourth-order valence-electron chi connectivity index (χ4n) is 4.65. The number of imide groups is 1. The quantitative estimate of drug-likeness (QED) is 0.397. The number of likely N-dealkylation sites (tertiary alicyclic amines) is 1. The predicted molar refractivity (Wildman–Crippen MR) is 128 cm³/mol. The smallest absolute Gasteiger partial charge is 0.242 e. The van der Waals surface area contributed by atoms with E-state index in [1.54, 1.807) is 12.0 Å². The second kappa shape index (κ2) is 11.8. The molecule has 184 valence electrons. The number of hydrogen-bond acceptors (Lipinski definition) is 5. The SMILES string of the molecule is CCCNC(=O)[C@H](CC)N(Cc1ccc(OC)cc1)C(=O)CCN1C(=O)[C@H]2CC=CC[C@H]2C1=O. The van der Waals surface area contributed by atoms with Crippen molar-refractivity contribution in [3.05, 3.63) is 42.0 Å². The Morgan fingerprint density at radius 1 is 1.09 bits per heavy atom. The number of rotatable bonds is 11. The third kappa shape index (κ3) is 5.66. The maximum Gasteiger partial charge on any atom is 0.242 e. The average molecular weight is 470 g/mol. The summed E-state index contributed by atoms with van der Waals surface area (Å²) in [7, 11) is 1.59. The van der Waals surface area contributed by atoms with Crippen LogP contribution in [0.2, 0.25) is 0 Å². The molecule has 0 unspecified atom stereocenters. The van der Waals surface area contributed by atoms with Crippen LogP contribution in [0.25, 0.3) is 0 Å². The summed E-state index contributed by atoms with van der Waals surface area (Å²) in [5.41, 5.74) is 0.862. The summed E-state index contributed by atoms with van der Waals surface area (Å²) in [6, 6.07) is 6.71. The van der Waals surface area contributed by atoms with Crippen LogP contribution < -0.4 is 10.1 Å². The van der Waals surface area contributed by atoms with Gasteiger partial charge in [-0.2, -0.15) is 0 Å². The van der Waals surface area contributed by atoms with Crippen LogP contribution in [0.3, 0.4) is 0 Å². The molecule has 8 nitrogen and oxygen atoms in total. The molecule has 34 heavy (non-hydrogen) atoms. The highest BCUT2D eigenvalue weighted by atomic mass is 16.5. The fourth-order valence-corrected chi connectivity index (χ4v) is 4.65. The molecule has 1 aromatic rings. The number of benzene rings is 1. The van der Waals surface area contributed by atoms with Gasteiger partial charge >= 0.3 is 0 Å². The molecule has 3 atom stereocenters. The number of nitrogens with one attached hydrogen (secondary N) is 1. The standard InChI is InChI=1S/C26H35N3O5/c1-4-15-27-24(31)22(5-2)29(17-18-10-12-19(34-3)13-11-18)23(30)14-16-28-25(32)20-8-6-7-9-21(20)26(28)33/h6-7,10-13,20-22H,4-5,8-9,14-17H2,1-3H3,(H,27,31)/t20-,21+,22-/m0/s1. The zero-order chi connectivity index (χ0) is 24.7. The van der Waals surface area contributed by atoms with Gasteiger partial charge in [0, 0.05) is 26.1 Å². The summed E-state index contributed by atoms with van der Waals surface area (Å²) >= 11 is 0. The lowest BCUT2D eigenvalue weighted by Crippen LogP contribution is -2.49. The molecular formula is C26H35N3O5. The minimum absolute atomic E-state index is 0.0158. The van der Waals surface area contributed by atoms with Crippen molar-refractivity contribution in [1.29, 1.82) is 0 Å². The minimum atomic E-state index is -0.641. The average Bonchev–Trinajstić information content (AvgIpc) is 3.10. The van der Waals surface area contributed by atoms with Crippen LogP contribution in [0, 0.1) is 11.8 Å². The van der Waals surface area contributed by atoms with Crippen molar-refractivity contribution in [2.24, 2.45) is 11.8 Å². The number of hydrogen-bond donors (Lipinski definition) is 1. The third-order valence-corrected chi connectivity index (χ3v) is 6.60. The number of nitrogens with zero attached hydrogens (tertiary/aromatic N) is 2. The topological polar surface area (TPSA) is 96.0 Å². The van der Waals surface area contributed by atoms with E-state index in [4.69, 9.17) is 4.74 Å².